The first kappa shape index (κ1) is 21.0. The predicted octanol–water partition coefficient (Wildman–Crippen LogP) is 4.71. The smallest absolute Gasteiger partial charge is 0.289 e. The summed E-state index contributed by atoms with van der Waals surface area (Å²) in [6, 6.07) is 17.6. The number of carbonyl (C=O) groups excluding carboxylic acids is 1. The molecule has 1 aromatic heterocycles. The largest absolute Gasteiger partial charge is 0.496 e. The van der Waals surface area contributed by atoms with Crippen LogP contribution in [-0.2, 0) is 6.42 Å². The second-order valence-corrected chi connectivity index (χ2v) is 7.28. The Kier molecular flexibility index (Phi) is 7.16. The van der Waals surface area contributed by atoms with Gasteiger partial charge in [0.1, 0.15) is 11.4 Å². The lowest BCUT2D eigenvalue weighted by Gasteiger charge is -2.05. The van der Waals surface area contributed by atoms with Gasteiger partial charge in [-0.05, 0) is 42.2 Å². The summed E-state index contributed by atoms with van der Waals surface area (Å²) < 4.78 is 5.28. The minimum atomic E-state index is -0.355. The second-order valence-electron chi connectivity index (χ2n) is 7.28. The number of hydrogen-bond acceptors (Lipinski definition) is 4. The normalized spacial score (nSPS) is 11.5. The van der Waals surface area contributed by atoms with Gasteiger partial charge < -0.3 is 4.74 Å². The average Bonchev–Trinajstić information content (AvgIpc) is 3.24. The zero-order chi connectivity index (χ0) is 21.3. The van der Waals surface area contributed by atoms with Gasteiger partial charge in [-0.2, -0.15) is 10.2 Å². The van der Waals surface area contributed by atoms with Crippen molar-refractivity contribution in [2.75, 3.05) is 7.11 Å². The number of ether oxygens (including phenoxy) is 1. The van der Waals surface area contributed by atoms with Gasteiger partial charge in [-0.25, -0.2) is 5.43 Å². The number of amides is 1. The SMILES string of the molecule is COc1ccccc1/C=C/C=N\NC(=O)c1cc(-c2ccc(CC(C)C)cc2)n[nH]1. The monoisotopic (exact) mass is 402 g/mol. The van der Waals surface area contributed by atoms with Crippen molar-refractivity contribution in [1.29, 1.82) is 0 Å². The van der Waals surface area contributed by atoms with Crippen LogP contribution in [-0.4, -0.2) is 29.4 Å². The van der Waals surface area contributed by atoms with E-state index in [9.17, 15) is 4.79 Å². The molecule has 2 aromatic carbocycles. The fourth-order valence-electron chi connectivity index (χ4n) is 3.02. The van der Waals surface area contributed by atoms with Gasteiger partial charge in [0.2, 0.25) is 0 Å². The zero-order valence-electron chi connectivity index (χ0n) is 17.4. The third-order valence-electron chi connectivity index (χ3n) is 4.46. The maximum Gasteiger partial charge on any atom is 0.289 e. The summed E-state index contributed by atoms with van der Waals surface area (Å²) in [4.78, 5) is 12.3. The lowest BCUT2D eigenvalue weighted by atomic mass is 10.0. The van der Waals surface area contributed by atoms with Crippen molar-refractivity contribution in [1.82, 2.24) is 15.6 Å². The number of H-pyrrole nitrogens is 1. The molecule has 6 nitrogen and oxygen atoms in total. The van der Waals surface area contributed by atoms with Crippen LogP contribution in [0.1, 0.15) is 35.5 Å². The number of carbonyl (C=O) groups is 1. The molecule has 0 aliphatic rings. The standard InChI is InChI=1S/C24H26N4O2/c1-17(2)15-18-10-12-19(13-11-18)21-16-22(27-26-21)24(29)28-25-14-6-8-20-7-4-5-9-23(20)30-3/h4-14,16-17H,15H2,1-3H3,(H,26,27)(H,28,29)/b8-6+,25-14-. The molecule has 6 heteroatoms. The maximum absolute atomic E-state index is 12.3. The van der Waals surface area contributed by atoms with Crippen LogP contribution in [0.4, 0.5) is 0 Å². The van der Waals surface area contributed by atoms with Crippen LogP contribution in [0.3, 0.4) is 0 Å². The summed E-state index contributed by atoms with van der Waals surface area (Å²) in [6.07, 6.45) is 6.13. The highest BCUT2D eigenvalue weighted by atomic mass is 16.5. The summed E-state index contributed by atoms with van der Waals surface area (Å²) in [5.74, 6) is 1.03. The molecule has 154 valence electrons. The van der Waals surface area contributed by atoms with E-state index < -0.39 is 0 Å². The highest BCUT2D eigenvalue weighted by Gasteiger charge is 2.10. The van der Waals surface area contributed by atoms with Crippen molar-refractivity contribution >= 4 is 18.2 Å². The van der Waals surface area contributed by atoms with Crippen molar-refractivity contribution in [2.45, 2.75) is 20.3 Å². The van der Waals surface area contributed by atoms with Crippen LogP contribution in [0.15, 0.2) is 65.8 Å². The molecule has 0 aliphatic heterocycles. The first-order chi connectivity index (χ1) is 14.6. The number of methoxy groups -OCH3 is 1. The number of aromatic nitrogens is 2. The Balaban J connectivity index is 1.57. The van der Waals surface area contributed by atoms with Crippen LogP contribution >= 0.6 is 0 Å². The number of para-hydroxylation sites is 1. The van der Waals surface area contributed by atoms with E-state index >= 15 is 0 Å². The second kappa shape index (κ2) is 10.2. The Morgan fingerprint density at radius 1 is 1.20 bits per heavy atom. The molecule has 30 heavy (non-hydrogen) atoms. The number of aromatic amines is 1. The Bertz CT molecular complexity index is 1030. The van der Waals surface area contributed by atoms with Gasteiger partial charge in [-0.15, -0.1) is 0 Å². The number of nitrogens with one attached hydrogen (secondary N) is 2. The lowest BCUT2D eigenvalue weighted by molar-refractivity contribution is 0.0950. The van der Waals surface area contributed by atoms with Crippen LogP contribution in [0.2, 0.25) is 0 Å². The summed E-state index contributed by atoms with van der Waals surface area (Å²) >= 11 is 0. The fourth-order valence-corrected chi connectivity index (χ4v) is 3.02. The van der Waals surface area contributed by atoms with E-state index in [-0.39, 0.29) is 5.91 Å². The molecule has 0 saturated heterocycles. The first-order valence-electron chi connectivity index (χ1n) is 9.84. The molecule has 3 aromatic rings. The molecule has 0 aliphatic carbocycles. The van der Waals surface area contributed by atoms with Gasteiger partial charge in [0.25, 0.3) is 5.91 Å². The molecule has 0 atom stereocenters. The van der Waals surface area contributed by atoms with Crippen LogP contribution in [0.25, 0.3) is 17.3 Å². The highest BCUT2D eigenvalue weighted by molar-refractivity contribution is 5.94. The third kappa shape index (κ3) is 5.67. The van der Waals surface area contributed by atoms with E-state index in [2.05, 4.69) is 46.7 Å². The number of allylic oxidation sites excluding steroid dienone is 1. The minimum Gasteiger partial charge on any atom is -0.496 e. The minimum absolute atomic E-state index is 0.349. The number of benzene rings is 2. The lowest BCUT2D eigenvalue weighted by Crippen LogP contribution is -2.17. The molecular weight excluding hydrogens is 376 g/mol. The van der Waals surface area contributed by atoms with E-state index in [1.54, 1.807) is 19.3 Å². The van der Waals surface area contributed by atoms with E-state index in [1.807, 2.05) is 42.5 Å². The Hall–Kier alpha value is -3.67. The predicted molar refractivity (Wildman–Crippen MR) is 121 cm³/mol. The van der Waals surface area contributed by atoms with Crippen molar-refractivity contribution < 1.29 is 9.53 Å². The Morgan fingerprint density at radius 2 is 1.97 bits per heavy atom. The number of hydrogen-bond donors (Lipinski definition) is 2. The van der Waals surface area contributed by atoms with Gasteiger partial charge in [-0.3, -0.25) is 9.89 Å². The molecule has 0 saturated carbocycles. The highest BCUT2D eigenvalue weighted by Crippen LogP contribution is 2.20. The van der Waals surface area contributed by atoms with E-state index in [0.29, 0.717) is 11.6 Å². The Morgan fingerprint density at radius 3 is 2.70 bits per heavy atom. The summed E-state index contributed by atoms with van der Waals surface area (Å²) in [6.45, 7) is 4.40. The zero-order valence-corrected chi connectivity index (χ0v) is 17.4. The van der Waals surface area contributed by atoms with Gasteiger partial charge in [0.05, 0.1) is 12.8 Å². The molecular formula is C24H26N4O2. The quantitative estimate of drug-likeness (QED) is 0.423. The topological polar surface area (TPSA) is 79.4 Å². The number of hydrazone groups is 1. The molecule has 1 heterocycles. The van der Waals surface area contributed by atoms with E-state index in [1.165, 1.54) is 11.8 Å². The molecule has 0 bridgehead atoms. The van der Waals surface area contributed by atoms with Crippen LogP contribution < -0.4 is 10.2 Å². The summed E-state index contributed by atoms with van der Waals surface area (Å²) in [7, 11) is 1.62. The van der Waals surface area contributed by atoms with E-state index in [0.717, 1.165) is 29.0 Å². The van der Waals surface area contributed by atoms with Crippen molar-refractivity contribution in [3.63, 3.8) is 0 Å². The van der Waals surface area contributed by atoms with Gasteiger partial charge >= 0.3 is 0 Å². The molecule has 1 amide bonds. The van der Waals surface area contributed by atoms with Crippen molar-refractivity contribution in [3.05, 3.63) is 77.5 Å². The third-order valence-corrected chi connectivity index (χ3v) is 4.46. The molecule has 0 unspecified atom stereocenters. The number of rotatable bonds is 8. The molecule has 0 fully saturated rings. The summed E-state index contributed by atoms with van der Waals surface area (Å²) in [5, 5.41) is 10.9. The average molecular weight is 402 g/mol. The van der Waals surface area contributed by atoms with Gasteiger partial charge in [0, 0.05) is 17.3 Å². The Labute approximate surface area is 176 Å². The van der Waals surface area contributed by atoms with Gasteiger partial charge in [0.15, 0.2) is 0 Å². The van der Waals surface area contributed by atoms with Gasteiger partial charge in [-0.1, -0.05) is 56.3 Å². The molecule has 0 spiro atoms. The molecule has 0 radical (unpaired) electrons. The van der Waals surface area contributed by atoms with Crippen LogP contribution in [0, 0.1) is 5.92 Å². The molecule has 2 N–H and O–H groups in total. The van der Waals surface area contributed by atoms with Crippen molar-refractivity contribution in [2.24, 2.45) is 11.0 Å². The molecule has 3 rings (SSSR count). The van der Waals surface area contributed by atoms with Crippen molar-refractivity contribution in [3.8, 4) is 17.0 Å². The van der Waals surface area contributed by atoms with Crippen LogP contribution in [0.5, 0.6) is 5.75 Å². The maximum atomic E-state index is 12.3. The summed E-state index contributed by atoms with van der Waals surface area (Å²) in [5.41, 5.74) is 6.73. The van der Waals surface area contributed by atoms with E-state index in [4.69, 9.17) is 4.74 Å². The fraction of sp³-hybridized carbons (Fsp3) is 0.208. The first-order valence-corrected chi connectivity index (χ1v) is 9.84. The number of nitrogens with zero attached hydrogens (tertiary/aromatic N) is 2.